The fourth-order valence-corrected chi connectivity index (χ4v) is 0. The van der Waals surface area contributed by atoms with Crippen LogP contribution >= 0.6 is 0 Å². The van der Waals surface area contributed by atoms with Crippen molar-refractivity contribution < 1.29 is 230 Å². The van der Waals surface area contributed by atoms with E-state index in [0.717, 1.165) is 0 Å². The average molecular weight is 1250 g/mol. The molecule has 0 aliphatic rings. The van der Waals surface area contributed by atoms with E-state index < -0.39 is 113 Å². The van der Waals surface area contributed by atoms with Gasteiger partial charge in [0.05, 0.1) is 0 Å². The zero-order chi connectivity index (χ0) is 17.9. The van der Waals surface area contributed by atoms with Crippen LogP contribution in [-0.4, -0.2) is 97.8 Å². The van der Waals surface area contributed by atoms with E-state index in [4.69, 9.17) is 45.9 Å². The van der Waals surface area contributed by atoms with Gasteiger partial charge in [-0.15, -0.1) is 0 Å². The SMILES string of the molecule is [Ba+2].[Ba+2].[La+3].[La+3].[O]=[Zr]([O-])[O-].[O]=[Zr]([O-])[O-].[O]=[Zr]([O-])[O-].[O]=[Zr]([O-])[O-].[O]=[Zr]([O-])[O-]. The molecule has 0 rings (SSSR count). The third-order valence-electron chi connectivity index (χ3n) is 0. The summed E-state index contributed by atoms with van der Waals surface area (Å²) < 4.78 is 129. The Morgan fingerprint density at radius 2 is 0.333 bits per heavy atom. The molecular weight excluding hydrogens is 1250 g/mol. The normalized spacial score (nSPS) is 5.42. The zero-order valence-corrected chi connectivity index (χ0v) is 39.6. The van der Waals surface area contributed by atoms with Crippen molar-refractivity contribution in [1.82, 2.24) is 0 Å². The van der Waals surface area contributed by atoms with E-state index in [0.29, 0.717) is 0 Å². The van der Waals surface area contributed by atoms with Crippen LogP contribution in [0.15, 0.2) is 0 Å². The second-order valence-corrected chi connectivity index (χ2v) is 7.40. The molecule has 0 saturated heterocycles. The summed E-state index contributed by atoms with van der Waals surface area (Å²) in [6.45, 7) is 0. The Bertz CT molecular complexity index is 221. The van der Waals surface area contributed by atoms with Crippen molar-refractivity contribution in [3.8, 4) is 0 Å². The molecule has 0 amide bonds. The molecule has 0 heterocycles. The molecule has 0 N–H and O–H groups in total. The van der Waals surface area contributed by atoms with E-state index >= 15 is 0 Å². The van der Waals surface area contributed by atoms with Gasteiger partial charge in [0.1, 0.15) is 0 Å². The molecule has 0 fully saturated rings. The maximum absolute atomic E-state index is 8.61. The molecule has 0 aliphatic heterocycles. The second kappa shape index (κ2) is 53.1. The van der Waals surface area contributed by atoms with Crippen molar-refractivity contribution >= 4 is 97.8 Å². The van der Waals surface area contributed by atoms with Crippen LogP contribution in [0, 0.1) is 71.2 Å². The van der Waals surface area contributed by atoms with E-state index in [9.17, 15) is 0 Å². The first kappa shape index (κ1) is 58.4. The Kier molecular flexibility index (Phi) is 129. The number of hydrogen-bond acceptors (Lipinski definition) is 15. The van der Waals surface area contributed by atoms with E-state index in [1.54, 1.807) is 0 Å². The topological polar surface area (TPSA) is 316 Å². The van der Waals surface area contributed by atoms with Gasteiger partial charge in [0, 0.05) is 0 Å². The molecular formula is Ba2La2O15Zr5. The van der Waals surface area contributed by atoms with E-state index in [1.165, 1.54) is 0 Å². The minimum atomic E-state index is -4.29. The minimum absolute atomic E-state index is 0. The van der Waals surface area contributed by atoms with Crippen molar-refractivity contribution in [2.24, 2.45) is 0 Å². The van der Waals surface area contributed by atoms with Gasteiger partial charge in [0.15, 0.2) is 0 Å². The molecule has 0 bridgehead atoms. The zero-order valence-electron chi connectivity index (χ0n) is 11.2. The predicted molar refractivity (Wildman–Crippen MR) is 14.9 cm³/mol. The molecule has 0 aromatic rings. The van der Waals surface area contributed by atoms with Crippen LogP contribution in [0.1, 0.15) is 0 Å². The van der Waals surface area contributed by atoms with Crippen molar-refractivity contribution in [1.29, 1.82) is 0 Å². The molecule has 0 aliphatic carbocycles. The summed E-state index contributed by atoms with van der Waals surface area (Å²) in [6.07, 6.45) is 0. The summed E-state index contributed by atoms with van der Waals surface area (Å²) in [5, 5.41) is 0. The first-order valence-electron chi connectivity index (χ1n) is 3.06. The van der Waals surface area contributed by atoms with Crippen molar-refractivity contribution in [3.63, 3.8) is 0 Å². The van der Waals surface area contributed by atoms with Gasteiger partial charge in [-0.2, -0.15) is 0 Å². The number of rotatable bonds is 0. The van der Waals surface area contributed by atoms with Gasteiger partial charge >= 0.3 is 328 Å². The van der Waals surface area contributed by atoms with Crippen LogP contribution in [-0.2, 0) is 127 Å². The van der Waals surface area contributed by atoms with Gasteiger partial charge in [0.25, 0.3) is 0 Å². The number of hydrogen-bond donors (Lipinski definition) is 0. The monoisotopic (exact) mass is 1240 g/mol. The molecule has 24 heavy (non-hydrogen) atoms. The summed E-state index contributed by atoms with van der Waals surface area (Å²) >= 11 is -21.5. The second-order valence-electron chi connectivity index (χ2n) is 1.25. The molecule has 0 unspecified atom stereocenters. The average Bonchev–Trinajstić information content (AvgIpc) is 1.94. The van der Waals surface area contributed by atoms with E-state index in [2.05, 4.69) is 0 Å². The summed E-state index contributed by atoms with van der Waals surface area (Å²) in [5.74, 6) is 0. The van der Waals surface area contributed by atoms with Crippen LogP contribution in [0.3, 0.4) is 0 Å². The molecule has 0 saturated carbocycles. The van der Waals surface area contributed by atoms with Gasteiger partial charge in [-0.05, 0) is 0 Å². The van der Waals surface area contributed by atoms with Crippen LogP contribution in [0.25, 0.3) is 0 Å². The summed E-state index contributed by atoms with van der Waals surface area (Å²) in [7, 11) is 0. The van der Waals surface area contributed by atoms with Crippen molar-refractivity contribution in [2.75, 3.05) is 0 Å². The van der Waals surface area contributed by atoms with E-state index in [-0.39, 0.29) is 169 Å². The summed E-state index contributed by atoms with van der Waals surface area (Å²) in [4.78, 5) is 0. The third kappa shape index (κ3) is 365. The van der Waals surface area contributed by atoms with Crippen molar-refractivity contribution in [3.05, 3.63) is 0 Å². The quantitative estimate of drug-likeness (QED) is 0.204. The molecule has 0 aromatic heterocycles. The summed E-state index contributed by atoms with van der Waals surface area (Å²) in [6, 6.07) is 0. The Morgan fingerprint density at radius 1 is 0.333 bits per heavy atom. The first-order valence-corrected chi connectivity index (χ1v) is 18.1. The molecule has 24 heteroatoms. The first-order chi connectivity index (χ1) is 8.66. The Balaban J connectivity index is -0.0000000161. The Hall–Kier alpha value is 8.55. The summed E-state index contributed by atoms with van der Waals surface area (Å²) in [5.41, 5.74) is 0. The van der Waals surface area contributed by atoms with Gasteiger partial charge in [0.2, 0.25) is 0 Å². The third-order valence-corrected chi connectivity index (χ3v) is 0. The van der Waals surface area contributed by atoms with Crippen LogP contribution < -0.4 is 31.8 Å². The molecule has 0 radical (unpaired) electrons. The molecule has 120 valence electrons. The molecule has 15 nitrogen and oxygen atoms in total. The predicted octanol–water partition coefficient (Wildman–Crippen LogP) is -13.3. The van der Waals surface area contributed by atoms with Crippen molar-refractivity contribution in [2.45, 2.75) is 0 Å². The van der Waals surface area contributed by atoms with Crippen LogP contribution in [0.5, 0.6) is 0 Å². The van der Waals surface area contributed by atoms with Gasteiger partial charge in [-0.1, -0.05) is 0 Å². The maximum atomic E-state index is 8.61. The molecule has 0 spiro atoms. The van der Waals surface area contributed by atoms with E-state index in [1.807, 2.05) is 0 Å². The Labute approximate surface area is 317 Å². The van der Waals surface area contributed by atoms with Gasteiger partial charge in [-0.25, -0.2) is 0 Å². The van der Waals surface area contributed by atoms with Crippen LogP contribution in [0.2, 0.25) is 0 Å². The Morgan fingerprint density at radius 3 is 0.333 bits per heavy atom. The molecule has 0 atom stereocenters. The van der Waals surface area contributed by atoms with Crippen LogP contribution in [0.4, 0.5) is 0 Å². The fraction of sp³-hybridized carbons (Fsp3) is 0. The van der Waals surface area contributed by atoms with Gasteiger partial charge in [-0.3, -0.25) is 0 Å². The standard InChI is InChI=1S/2Ba.2La.15O.5Zr/q2*+2;2*+3;;;;;;10*-1;;;;;. The molecule has 0 aromatic carbocycles. The fourth-order valence-electron chi connectivity index (χ4n) is 0. The van der Waals surface area contributed by atoms with Gasteiger partial charge < -0.3 is 0 Å².